The molecule has 0 saturated heterocycles. The molecule has 1 atom stereocenters. The molecule has 0 rings (SSSR count). The summed E-state index contributed by atoms with van der Waals surface area (Å²) in [6.45, 7) is 6.34. The van der Waals surface area contributed by atoms with Crippen molar-refractivity contribution in [2.24, 2.45) is 0 Å². The van der Waals surface area contributed by atoms with E-state index >= 15 is 0 Å². The number of esters is 3. The summed E-state index contributed by atoms with van der Waals surface area (Å²) in [7, 11) is 0. The third-order valence-electron chi connectivity index (χ3n) is 12.4. The molecule has 0 fully saturated rings. The Bertz CT molecular complexity index is 1600. The third-order valence-corrected chi connectivity index (χ3v) is 12.4. The minimum atomic E-state index is -0.795. The Hall–Kier alpha value is -4.45. The van der Waals surface area contributed by atoms with Gasteiger partial charge in [-0.25, -0.2) is 0 Å². The van der Waals surface area contributed by atoms with E-state index in [2.05, 4.69) is 154 Å². The lowest BCUT2D eigenvalue weighted by Gasteiger charge is -2.18. The molecule has 0 heterocycles. The Morgan fingerprint density at radius 3 is 0.838 bits per heavy atom. The van der Waals surface area contributed by atoms with Crippen LogP contribution in [-0.2, 0) is 28.6 Å². The van der Waals surface area contributed by atoms with Crippen LogP contribution in [0.5, 0.6) is 0 Å². The van der Waals surface area contributed by atoms with E-state index in [0.717, 1.165) is 141 Å². The Balaban J connectivity index is 4.12. The molecule has 1 unspecified atom stereocenters. The van der Waals surface area contributed by atoms with Gasteiger partial charge in [-0.05, 0) is 116 Å². The maximum Gasteiger partial charge on any atom is 0.306 e. The van der Waals surface area contributed by atoms with Gasteiger partial charge in [0.05, 0.1) is 0 Å². The van der Waals surface area contributed by atoms with Crippen molar-refractivity contribution in [1.82, 2.24) is 0 Å². The van der Waals surface area contributed by atoms with Gasteiger partial charge in [0.25, 0.3) is 0 Å². The lowest BCUT2D eigenvalue weighted by molar-refractivity contribution is -0.167. The number of unbranched alkanes of at least 4 members (excludes halogenated alkanes) is 20. The van der Waals surface area contributed by atoms with Gasteiger partial charge >= 0.3 is 17.9 Å². The molecule has 0 bridgehead atoms. The maximum absolute atomic E-state index is 12.8. The van der Waals surface area contributed by atoms with E-state index in [4.69, 9.17) is 14.2 Å². The molecule has 0 aromatic carbocycles. The van der Waals surface area contributed by atoms with Crippen LogP contribution in [0, 0.1) is 0 Å². The molecule has 0 amide bonds. The number of carbonyl (C=O) groups excluding carboxylic acids is 3. The SMILES string of the molecule is CC/C=C\C/C=C\C/C=C\C/C=C\C/C=C\C/C=C\C/C=C\C/C=C\CCCCCCCCCCCCC(=O)OCC(COC(=O)CCCCCCCCCC)OC(=O)CCCCC/C=C\C/C=C\C/C=C\CC. The average molecular weight is 1020 g/mol. The topological polar surface area (TPSA) is 78.9 Å². The van der Waals surface area contributed by atoms with Crippen LogP contribution in [0.15, 0.2) is 134 Å². The molecule has 0 aliphatic rings. The van der Waals surface area contributed by atoms with Crippen LogP contribution in [0.3, 0.4) is 0 Å². The van der Waals surface area contributed by atoms with Gasteiger partial charge < -0.3 is 14.2 Å². The van der Waals surface area contributed by atoms with Crippen LogP contribution in [-0.4, -0.2) is 37.2 Å². The Kier molecular flexibility index (Phi) is 57.4. The number of allylic oxidation sites excluding steroid dienone is 22. The van der Waals surface area contributed by atoms with Gasteiger partial charge in [-0.15, -0.1) is 0 Å². The molecular weight excluding hydrogens is 913 g/mol. The van der Waals surface area contributed by atoms with E-state index in [-0.39, 0.29) is 37.5 Å². The summed E-state index contributed by atoms with van der Waals surface area (Å²) in [5, 5.41) is 0. The first-order valence-electron chi connectivity index (χ1n) is 30.2. The fourth-order valence-electron chi connectivity index (χ4n) is 7.94. The second-order valence-corrected chi connectivity index (χ2v) is 19.5. The van der Waals surface area contributed by atoms with E-state index in [0.29, 0.717) is 12.8 Å². The largest absolute Gasteiger partial charge is 0.462 e. The Labute approximate surface area is 455 Å². The summed E-state index contributed by atoms with van der Waals surface area (Å²) in [6, 6.07) is 0. The first-order valence-corrected chi connectivity index (χ1v) is 30.2. The zero-order valence-corrected chi connectivity index (χ0v) is 47.8. The minimum Gasteiger partial charge on any atom is -0.462 e. The Morgan fingerprint density at radius 2 is 0.527 bits per heavy atom. The minimum absolute atomic E-state index is 0.0921. The van der Waals surface area contributed by atoms with Crippen molar-refractivity contribution < 1.29 is 28.6 Å². The first kappa shape index (κ1) is 69.5. The average Bonchev–Trinajstić information content (AvgIpc) is 3.40. The number of rotatable bonds is 53. The molecule has 418 valence electrons. The Morgan fingerprint density at radius 1 is 0.284 bits per heavy atom. The summed E-state index contributed by atoms with van der Waals surface area (Å²) < 4.78 is 16.8. The predicted octanol–water partition coefficient (Wildman–Crippen LogP) is 20.6. The summed E-state index contributed by atoms with van der Waals surface area (Å²) >= 11 is 0. The normalized spacial score (nSPS) is 13.1. The van der Waals surface area contributed by atoms with E-state index in [1.54, 1.807) is 0 Å². The quantitative estimate of drug-likeness (QED) is 0.0261. The second kappa shape index (κ2) is 61.1. The highest BCUT2D eigenvalue weighted by atomic mass is 16.6. The third kappa shape index (κ3) is 58.4. The van der Waals surface area contributed by atoms with E-state index in [9.17, 15) is 14.4 Å². The van der Waals surface area contributed by atoms with Gasteiger partial charge in [-0.3, -0.25) is 14.4 Å². The van der Waals surface area contributed by atoms with Crippen LogP contribution in [0.2, 0.25) is 0 Å². The molecule has 0 aliphatic carbocycles. The lowest BCUT2D eigenvalue weighted by Crippen LogP contribution is -2.30. The van der Waals surface area contributed by atoms with Crippen LogP contribution in [0.4, 0.5) is 0 Å². The first-order chi connectivity index (χ1) is 36.5. The molecule has 0 aliphatic heterocycles. The van der Waals surface area contributed by atoms with Crippen LogP contribution < -0.4 is 0 Å². The predicted molar refractivity (Wildman–Crippen MR) is 320 cm³/mol. The smallest absolute Gasteiger partial charge is 0.306 e. The molecule has 0 aromatic rings. The number of hydrogen-bond acceptors (Lipinski definition) is 6. The van der Waals surface area contributed by atoms with Crippen molar-refractivity contribution in [3.8, 4) is 0 Å². The molecule has 0 saturated carbocycles. The molecule has 6 nitrogen and oxygen atoms in total. The van der Waals surface area contributed by atoms with Crippen molar-refractivity contribution in [2.75, 3.05) is 13.2 Å². The zero-order chi connectivity index (χ0) is 53.6. The molecule has 0 spiro atoms. The van der Waals surface area contributed by atoms with Gasteiger partial charge in [-0.1, -0.05) is 257 Å². The highest BCUT2D eigenvalue weighted by molar-refractivity contribution is 5.71. The maximum atomic E-state index is 12.8. The summed E-state index contributed by atoms with van der Waals surface area (Å²) in [6.07, 6.45) is 86.2. The van der Waals surface area contributed by atoms with Crippen LogP contribution in [0.1, 0.15) is 258 Å². The fourth-order valence-corrected chi connectivity index (χ4v) is 7.94. The van der Waals surface area contributed by atoms with Crippen molar-refractivity contribution in [1.29, 1.82) is 0 Å². The molecular formula is C68H110O6. The standard InChI is InChI=1S/C68H110O6/c1-4-7-10-13-16-19-21-23-24-25-26-27-28-29-30-31-32-33-34-35-36-37-38-39-40-41-42-43-44-46-47-49-52-55-58-61-67(70)73-64-65(63-72-66(69)60-57-54-51-18-15-12-9-6-3)74-68(71)62-59-56-53-50-48-45-22-20-17-14-11-8-5-2/h7-8,10-11,16-17,19-20,23-24,26-27,29-30,32-33,35-36,38-39,45,48,65H,4-6,9,12-15,18,21-22,25,28,31,34,37,40-44,46-47,49-64H2,1-3H3/b10-7-,11-8-,19-16-,20-17-,24-23-,27-26-,30-29-,33-32-,36-35-,39-38-,48-45-. The molecule has 6 heteroatoms. The molecule has 0 radical (unpaired) electrons. The number of carbonyl (C=O) groups is 3. The molecule has 74 heavy (non-hydrogen) atoms. The number of hydrogen-bond donors (Lipinski definition) is 0. The summed E-state index contributed by atoms with van der Waals surface area (Å²) in [4.78, 5) is 37.9. The van der Waals surface area contributed by atoms with E-state index in [1.165, 1.54) is 77.0 Å². The molecule has 0 aromatic heterocycles. The van der Waals surface area contributed by atoms with Crippen LogP contribution >= 0.6 is 0 Å². The van der Waals surface area contributed by atoms with Crippen molar-refractivity contribution in [2.45, 2.75) is 264 Å². The van der Waals surface area contributed by atoms with Gasteiger partial charge in [0.15, 0.2) is 6.10 Å². The fraction of sp³-hybridized carbons (Fsp3) is 0.632. The van der Waals surface area contributed by atoms with Gasteiger partial charge in [0.2, 0.25) is 0 Å². The van der Waals surface area contributed by atoms with E-state index < -0.39 is 6.10 Å². The van der Waals surface area contributed by atoms with Gasteiger partial charge in [0, 0.05) is 19.3 Å². The summed E-state index contributed by atoms with van der Waals surface area (Å²) in [5.74, 6) is -0.934. The van der Waals surface area contributed by atoms with E-state index in [1.807, 2.05) is 0 Å². The van der Waals surface area contributed by atoms with Crippen molar-refractivity contribution >= 4 is 17.9 Å². The highest BCUT2D eigenvalue weighted by Crippen LogP contribution is 2.15. The van der Waals surface area contributed by atoms with Crippen molar-refractivity contribution in [3.05, 3.63) is 134 Å². The monoisotopic (exact) mass is 1020 g/mol. The summed E-state index contributed by atoms with van der Waals surface area (Å²) in [5.41, 5.74) is 0. The zero-order valence-electron chi connectivity index (χ0n) is 47.8. The van der Waals surface area contributed by atoms with Crippen LogP contribution in [0.25, 0.3) is 0 Å². The van der Waals surface area contributed by atoms with Gasteiger partial charge in [-0.2, -0.15) is 0 Å². The highest BCUT2D eigenvalue weighted by Gasteiger charge is 2.19. The second-order valence-electron chi connectivity index (χ2n) is 19.5. The molecule has 0 N–H and O–H groups in total. The lowest BCUT2D eigenvalue weighted by atomic mass is 10.1. The number of ether oxygens (including phenoxy) is 3. The van der Waals surface area contributed by atoms with Crippen molar-refractivity contribution in [3.63, 3.8) is 0 Å². The van der Waals surface area contributed by atoms with Gasteiger partial charge in [0.1, 0.15) is 13.2 Å².